The molecule has 0 heterocycles. The van der Waals surface area contributed by atoms with Crippen molar-refractivity contribution in [2.75, 3.05) is 0 Å². The van der Waals surface area contributed by atoms with Crippen LogP contribution in [0.3, 0.4) is 0 Å². The third-order valence-corrected chi connectivity index (χ3v) is 3.82. The summed E-state index contributed by atoms with van der Waals surface area (Å²) < 4.78 is 7.47. The van der Waals surface area contributed by atoms with Crippen molar-refractivity contribution in [3.05, 3.63) is 63.0 Å². The maximum Gasteiger partial charge on any atom is 0.202 e. The van der Waals surface area contributed by atoms with E-state index in [9.17, 15) is 4.79 Å². The van der Waals surface area contributed by atoms with Crippen LogP contribution in [0.15, 0.2) is 57.5 Å². The molecular formula is C15H12Br2O2. The van der Waals surface area contributed by atoms with Gasteiger partial charge in [0.15, 0.2) is 6.10 Å². The molecule has 0 bridgehead atoms. The summed E-state index contributed by atoms with van der Waals surface area (Å²) in [6, 6.07) is 14.7. The molecule has 0 radical (unpaired) electrons. The molecule has 2 nitrogen and oxygen atoms in total. The average Bonchev–Trinajstić information content (AvgIpc) is 2.41. The first-order chi connectivity index (χ1) is 9.08. The fraction of sp³-hybridized carbons (Fsp3) is 0.133. The zero-order valence-corrected chi connectivity index (χ0v) is 13.4. The summed E-state index contributed by atoms with van der Waals surface area (Å²) in [6.45, 7) is 1.75. The molecule has 98 valence electrons. The Balaban J connectivity index is 2.12. The van der Waals surface area contributed by atoms with Gasteiger partial charge in [0.25, 0.3) is 0 Å². The first-order valence-electron chi connectivity index (χ1n) is 5.79. The Morgan fingerprint density at radius 1 is 1.05 bits per heavy atom. The van der Waals surface area contributed by atoms with E-state index in [1.165, 1.54) is 0 Å². The minimum absolute atomic E-state index is 0.0387. The Hall–Kier alpha value is -1.13. The zero-order chi connectivity index (χ0) is 13.8. The van der Waals surface area contributed by atoms with Crippen LogP contribution in [0, 0.1) is 0 Å². The van der Waals surface area contributed by atoms with E-state index in [0.717, 1.165) is 8.95 Å². The monoisotopic (exact) mass is 382 g/mol. The number of ketones is 1. The van der Waals surface area contributed by atoms with Gasteiger partial charge in [-0.05, 0) is 47.1 Å². The molecular weight excluding hydrogens is 372 g/mol. The van der Waals surface area contributed by atoms with E-state index in [2.05, 4.69) is 31.9 Å². The largest absolute Gasteiger partial charge is 0.481 e. The van der Waals surface area contributed by atoms with Gasteiger partial charge in [-0.1, -0.05) is 40.2 Å². The summed E-state index contributed by atoms with van der Waals surface area (Å²) in [6.07, 6.45) is -0.528. The average molecular weight is 384 g/mol. The zero-order valence-electron chi connectivity index (χ0n) is 10.3. The van der Waals surface area contributed by atoms with Crippen LogP contribution in [-0.2, 0) is 0 Å². The lowest BCUT2D eigenvalue weighted by atomic mass is 10.1. The van der Waals surface area contributed by atoms with Gasteiger partial charge in [0, 0.05) is 10.0 Å². The second kappa shape index (κ2) is 6.35. The molecule has 0 aliphatic heterocycles. The summed E-state index contributed by atoms with van der Waals surface area (Å²) in [5.74, 6) is 0.628. The highest BCUT2D eigenvalue weighted by Crippen LogP contribution is 2.25. The summed E-state index contributed by atoms with van der Waals surface area (Å²) >= 11 is 6.74. The number of carbonyl (C=O) groups is 1. The van der Waals surface area contributed by atoms with Gasteiger partial charge in [0.05, 0.1) is 4.47 Å². The molecule has 0 N–H and O–H groups in total. The van der Waals surface area contributed by atoms with Crippen molar-refractivity contribution < 1.29 is 9.53 Å². The summed E-state index contributed by atoms with van der Waals surface area (Å²) in [5.41, 5.74) is 0.641. The van der Waals surface area contributed by atoms with Crippen LogP contribution >= 0.6 is 31.9 Å². The third kappa shape index (κ3) is 3.67. The van der Waals surface area contributed by atoms with Crippen molar-refractivity contribution in [2.45, 2.75) is 13.0 Å². The maximum absolute atomic E-state index is 12.2. The fourth-order valence-electron chi connectivity index (χ4n) is 1.63. The number of ether oxygens (including phenoxy) is 1. The van der Waals surface area contributed by atoms with Crippen LogP contribution in [-0.4, -0.2) is 11.9 Å². The molecule has 2 aromatic rings. The van der Waals surface area contributed by atoms with E-state index in [1.807, 2.05) is 36.4 Å². The highest BCUT2D eigenvalue weighted by atomic mass is 79.9. The van der Waals surface area contributed by atoms with Gasteiger partial charge in [-0.25, -0.2) is 0 Å². The van der Waals surface area contributed by atoms with Crippen molar-refractivity contribution in [3.63, 3.8) is 0 Å². The van der Waals surface area contributed by atoms with E-state index in [0.29, 0.717) is 11.3 Å². The third-order valence-electron chi connectivity index (χ3n) is 2.64. The van der Waals surface area contributed by atoms with Crippen molar-refractivity contribution in [3.8, 4) is 5.75 Å². The standard InChI is InChI=1S/C15H12Br2O2/c1-10(19-14-5-3-2-4-13(14)17)15(18)11-6-8-12(16)9-7-11/h2-10H,1H3. The topological polar surface area (TPSA) is 26.3 Å². The second-order valence-corrected chi connectivity index (χ2v) is 5.83. The number of hydrogen-bond acceptors (Lipinski definition) is 2. The number of halogens is 2. The molecule has 0 aliphatic carbocycles. The van der Waals surface area contributed by atoms with Gasteiger partial charge in [-0.2, -0.15) is 0 Å². The van der Waals surface area contributed by atoms with Crippen LogP contribution in [0.4, 0.5) is 0 Å². The van der Waals surface area contributed by atoms with Crippen molar-refractivity contribution in [2.24, 2.45) is 0 Å². The molecule has 0 saturated heterocycles. The second-order valence-electron chi connectivity index (χ2n) is 4.06. The van der Waals surface area contributed by atoms with Crippen LogP contribution in [0.2, 0.25) is 0 Å². The highest BCUT2D eigenvalue weighted by molar-refractivity contribution is 9.10. The predicted octanol–water partition coefficient (Wildman–Crippen LogP) is 4.86. The molecule has 0 aliphatic rings. The Morgan fingerprint density at radius 3 is 2.32 bits per heavy atom. The van der Waals surface area contributed by atoms with Gasteiger partial charge in [0.1, 0.15) is 5.75 Å². The number of Topliss-reactive ketones (excluding diaryl/α,β-unsaturated/α-hetero) is 1. The van der Waals surface area contributed by atoms with E-state index in [4.69, 9.17) is 4.74 Å². The predicted molar refractivity (Wildman–Crippen MR) is 82.7 cm³/mol. The number of benzene rings is 2. The minimum Gasteiger partial charge on any atom is -0.481 e. The Kier molecular flexibility index (Phi) is 4.77. The van der Waals surface area contributed by atoms with E-state index < -0.39 is 6.10 Å². The van der Waals surface area contributed by atoms with Gasteiger partial charge in [-0.15, -0.1) is 0 Å². The fourth-order valence-corrected chi connectivity index (χ4v) is 2.28. The van der Waals surface area contributed by atoms with Gasteiger partial charge in [0.2, 0.25) is 5.78 Å². The quantitative estimate of drug-likeness (QED) is 0.704. The molecule has 0 fully saturated rings. The number of rotatable bonds is 4. The molecule has 19 heavy (non-hydrogen) atoms. The Labute approximate surface area is 129 Å². The molecule has 0 amide bonds. The number of para-hydroxylation sites is 1. The van der Waals surface area contributed by atoms with Crippen molar-refractivity contribution >= 4 is 37.6 Å². The Morgan fingerprint density at radius 2 is 1.68 bits per heavy atom. The molecule has 1 atom stereocenters. The van der Waals surface area contributed by atoms with Crippen LogP contribution < -0.4 is 4.74 Å². The molecule has 1 unspecified atom stereocenters. The first kappa shape index (κ1) is 14.3. The van der Waals surface area contributed by atoms with Crippen molar-refractivity contribution in [1.82, 2.24) is 0 Å². The molecule has 2 rings (SSSR count). The molecule has 2 aromatic carbocycles. The normalized spacial score (nSPS) is 11.9. The molecule has 0 saturated carbocycles. The first-order valence-corrected chi connectivity index (χ1v) is 7.37. The van der Waals surface area contributed by atoms with Crippen LogP contribution in [0.5, 0.6) is 5.75 Å². The SMILES string of the molecule is CC(Oc1ccccc1Br)C(=O)c1ccc(Br)cc1. The summed E-state index contributed by atoms with van der Waals surface area (Å²) in [4.78, 5) is 12.2. The van der Waals surface area contributed by atoms with Gasteiger partial charge >= 0.3 is 0 Å². The van der Waals surface area contributed by atoms with E-state index in [-0.39, 0.29) is 5.78 Å². The molecule has 0 aromatic heterocycles. The number of hydrogen-bond donors (Lipinski definition) is 0. The van der Waals surface area contributed by atoms with E-state index >= 15 is 0 Å². The number of carbonyl (C=O) groups excluding carboxylic acids is 1. The summed E-state index contributed by atoms with van der Waals surface area (Å²) in [5, 5.41) is 0. The Bertz CT molecular complexity index is 579. The van der Waals surface area contributed by atoms with Crippen LogP contribution in [0.25, 0.3) is 0 Å². The van der Waals surface area contributed by atoms with Crippen molar-refractivity contribution in [1.29, 1.82) is 0 Å². The minimum atomic E-state index is -0.528. The van der Waals surface area contributed by atoms with E-state index in [1.54, 1.807) is 19.1 Å². The molecule has 0 spiro atoms. The van der Waals surface area contributed by atoms with Gasteiger partial charge in [-0.3, -0.25) is 4.79 Å². The smallest absolute Gasteiger partial charge is 0.202 e. The summed E-state index contributed by atoms with van der Waals surface area (Å²) in [7, 11) is 0. The lowest BCUT2D eigenvalue weighted by Gasteiger charge is -2.14. The highest BCUT2D eigenvalue weighted by Gasteiger charge is 2.17. The lowest BCUT2D eigenvalue weighted by molar-refractivity contribution is 0.0817. The van der Waals surface area contributed by atoms with Crippen LogP contribution in [0.1, 0.15) is 17.3 Å². The maximum atomic E-state index is 12.2. The lowest BCUT2D eigenvalue weighted by Crippen LogP contribution is -2.24. The molecule has 4 heteroatoms. The van der Waals surface area contributed by atoms with Gasteiger partial charge < -0.3 is 4.74 Å².